The number of carbonyl (C=O) groups excluding carboxylic acids is 3. The lowest BCUT2D eigenvalue weighted by Gasteiger charge is -2.38. The molecule has 0 N–H and O–H groups in total. The molecule has 0 unspecified atom stereocenters. The monoisotopic (exact) mass is 554 g/mol. The lowest BCUT2D eigenvalue weighted by Crippen LogP contribution is -2.49. The van der Waals surface area contributed by atoms with E-state index in [2.05, 4.69) is 15.0 Å². The van der Waals surface area contributed by atoms with Crippen molar-refractivity contribution in [1.29, 1.82) is 0 Å². The quantitative estimate of drug-likeness (QED) is 0.293. The standard InChI is InChI=1S/C31H30N4O6/c1-2-39-31(38)19-7-5-11-35(18-19)23-17-22(33-12-14-34(15-13-33)30(37)24-10-6-16-40-24)25-26-27(23)32-41-29(26)21-9-4-3-8-20(21)28(25)36/h3-4,6,8-10,16-17,19H,2,5,7,11-15,18H2,1H3/t19-/m1/s1. The molecule has 2 aromatic heterocycles. The summed E-state index contributed by atoms with van der Waals surface area (Å²) in [5, 5.41) is 5.19. The highest BCUT2D eigenvalue weighted by atomic mass is 16.5. The van der Waals surface area contributed by atoms with Crippen molar-refractivity contribution in [2.24, 2.45) is 5.92 Å². The highest BCUT2D eigenvalue weighted by Gasteiger charge is 2.37. The van der Waals surface area contributed by atoms with Gasteiger partial charge in [-0.3, -0.25) is 14.4 Å². The van der Waals surface area contributed by atoms with Crippen molar-refractivity contribution >= 4 is 39.9 Å². The lowest BCUT2D eigenvalue weighted by molar-refractivity contribution is -0.148. The van der Waals surface area contributed by atoms with Crippen molar-refractivity contribution in [2.75, 3.05) is 55.7 Å². The molecule has 0 saturated carbocycles. The molecule has 2 fully saturated rings. The number of benzene rings is 2. The van der Waals surface area contributed by atoms with E-state index in [4.69, 9.17) is 13.7 Å². The molecule has 4 aromatic rings. The number of rotatable bonds is 5. The van der Waals surface area contributed by atoms with Gasteiger partial charge in [0.1, 0.15) is 5.52 Å². The number of esters is 1. The van der Waals surface area contributed by atoms with Crippen molar-refractivity contribution in [3.63, 3.8) is 0 Å². The molecule has 0 radical (unpaired) electrons. The normalized spacial score (nSPS) is 18.5. The third-order valence-electron chi connectivity index (χ3n) is 8.38. The molecule has 1 amide bonds. The Hall–Kier alpha value is -4.60. The number of amides is 1. The molecule has 3 aliphatic rings. The van der Waals surface area contributed by atoms with E-state index >= 15 is 0 Å². The zero-order valence-corrected chi connectivity index (χ0v) is 22.8. The van der Waals surface area contributed by atoms with Crippen molar-refractivity contribution in [2.45, 2.75) is 19.8 Å². The Morgan fingerprint density at radius 1 is 1.00 bits per heavy atom. The van der Waals surface area contributed by atoms with Crippen molar-refractivity contribution in [1.82, 2.24) is 10.1 Å². The lowest BCUT2D eigenvalue weighted by atomic mass is 9.85. The maximum Gasteiger partial charge on any atom is 0.310 e. The first-order chi connectivity index (χ1) is 20.0. The molecule has 2 aromatic carbocycles. The summed E-state index contributed by atoms with van der Waals surface area (Å²) in [6, 6.07) is 12.8. The van der Waals surface area contributed by atoms with Crippen LogP contribution in [0.2, 0.25) is 0 Å². The van der Waals surface area contributed by atoms with E-state index in [9.17, 15) is 14.4 Å². The molecule has 10 nitrogen and oxygen atoms in total. The minimum absolute atomic E-state index is 0.0695. The van der Waals surface area contributed by atoms with E-state index in [1.165, 1.54) is 6.26 Å². The Balaban J connectivity index is 1.30. The van der Waals surface area contributed by atoms with E-state index in [0.29, 0.717) is 72.9 Å². The Labute approximate surface area is 236 Å². The summed E-state index contributed by atoms with van der Waals surface area (Å²) in [5.74, 6) is 0.267. The Morgan fingerprint density at radius 2 is 1.80 bits per heavy atom. The van der Waals surface area contributed by atoms with Crippen LogP contribution in [0, 0.1) is 5.92 Å². The molecule has 41 heavy (non-hydrogen) atoms. The van der Waals surface area contributed by atoms with Crippen LogP contribution in [0.5, 0.6) is 0 Å². The molecule has 0 bridgehead atoms. The maximum atomic E-state index is 14.0. The minimum atomic E-state index is -0.236. The number of piperidine rings is 1. The van der Waals surface area contributed by atoms with Crippen molar-refractivity contribution in [3.05, 3.63) is 65.6 Å². The summed E-state index contributed by atoms with van der Waals surface area (Å²) in [5.41, 5.74) is 4.14. The molecule has 4 heterocycles. The first-order valence-corrected chi connectivity index (χ1v) is 14.1. The first kappa shape index (κ1) is 25.4. The van der Waals surface area contributed by atoms with Crippen LogP contribution >= 0.6 is 0 Å². The van der Waals surface area contributed by atoms with Gasteiger partial charge in [0.15, 0.2) is 17.3 Å². The Kier molecular flexibility index (Phi) is 6.25. The number of nitrogens with zero attached hydrogens (tertiary/aromatic N) is 4. The summed E-state index contributed by atoms with van der Waals surface area (Å²) < 4.78 is 16.6. The largest absolute Gasteiger partial charge is 0.466 e. The number of anilines is 2. The maximum absolute atomic E-state index is 14.0. The average Bonchev–Trinajstić information content (AvgIpc) is 3.71. The zero-order valence-electron chi connectivity index (χ0n) is 22.8. The van der Waals surface area contributed by atoms with Crippen LogP contribution in [-0.2, 0) is 9.53 Å². The molecule has 0 spiro atoms. The number of ether oxygens (including phenoxy) is 1. The highest BCUT2D eigenvalue weighted by Crippen LogP contribution is 2.47. The van der Waals surface area contributed by atoms with Crippen LogP contribution in [-0.4, -0.2) is 73.6 Å². The van der Waals surface area contributed by atoms with Gasteiger partial charge in [-0.25, -0.2) is 0 Å². The second-order valence-electron chi connectivity index (χ2n) is 10.7. The second-order valence-corrected chi connectivity index (χ2v) is 10.7. The number of hydrogen-bond acceptors (Lipinski definition) is 9. The van der Waals surface area contributed by atoms with E-state index in [0.717, 1.165) is 36.3 Å². The highest BCUT2D eigenvalue weighted by molar-refractivity contribution is 6.28. The molecule has 2 saturated heterocycles. The predicted octanol–water partition coefficient (Wildman–Crippen LogP) is 4.37. The van der Waals surface area contributed by atoms with Crippen molar-refractivity contribution < 1.29 is 28.1 Å². The summed E-state index contributed by atoms with van der Waals surface area (Å²) in [7, 11) is 0. The number of ketones is 1. The van der Waals surface area contributed by atoms with Crippen LogP contribution < -0.4 is 9.80 Å². The molecule has 1 atom stereocenters. The van der Waals surface area contributed by atoms with Gasteiger partial charge in [-0.15, -0.1) is 0 Å². The van der Waals surface area contributed by atoms with Gasteiger partial charge in [-0.1, -0.05) is 29.4 Å². The smallest absolute Gasteiger partial charge is 0.310 e. The Bertz CT molecular complexity index is 1650. The van der Waals surface area contributed by atoms with Crippen LogP contribution in [0.25, 0.3) is 22.2 Å². The van der Waals surface area contributed by atoms with Crippen LogP contribution in [0.3, 0.4) is 0 Å². The minimum Gasteiger partial charge on any atom is -0.466 e. The van der Waals surface area contributed by atoms with Gasteiger partial charge in [0, 0.05) is 50.4 Å². The van der Waals surface area contributed by atoms with E-state index < -0.39 is 0 Å². The fourth-order valence-corrected chi connectivity index (χ4v) is 6.37. The van der Waals surface area contributed by atoms with Crippen LogP contribution in [0.4, 0.5) is 11.4 Å². The van der Waals surface area contributed by atoms with E-state index in [-0.39, 0.29) is 23.6 Å². The van der Waals surface area contributed by atoms with Crippen LogP contribution in [0.15, 0.2) is 57.7 Å². The van der Waals surface area contributed by atoms with Gasteiger partial charge < -0.3 is 28.4 Å². The summed E-state index contributed by atoms with van der Waals surface area (Å²) in [6.07, 6.45) is 3.10. The molecule has 1 aliphatic carbocycles. The van der Waals surface area contributed by atoms with E-state index in [1.807, 2.05) is 37.3 Å². The number of aromatic nitrogens is 1. The first-order valence-electron chi connectivity index (χ1n) is 14.1. The van der Waals surface area contributed by atoms with E-state index in [1.54, 1.807) is 17.0 Å². The summed E-state index contributed by atoms with van der Waals surface area (Å²) in [6.45, 7) is 5.49. The molecule has 2 aliphatic heterocycles. The average molecular weight is 555 g/mol. The summed E-state index contributed by atoms with van der Waals surface area (Å²) >= 11 is 0. The second kappa shape index (κ2) is 10.1. The fourth-order valence-electron chi connectivity index (χ4n) is 6.37. The van der Waals surface area contributed by atoms with Gasteiger partial charge in [0.25, 0.3) is 5.91 Å². The number of piperazine rings is 1. The fraction of sp³-hybridized carbons (Fsp3) is 0.355. The molecule has 10 heteroatoms. The predicted molar refractivity (Wildman–Crippen MR) is 151 cm³/mol. The number of carbonyl (C=O) groups is 3. The number of fused-ring (bicyclic) bond motifs is 2. The third kappa shape index (κ3) is 4.16. The zero-order chi connectivity index (χ0) is 28.1. The molecule has 210 valence electrons. The van der Waals surface area contributed by atoms with Crippen LogP contribution in [0.1, 0.15) is 46.2 Å². The van der Waals surface area contributed by atoms with Gasteiger partial charge >= 0.3 is 5.97 Å². The van der Waals surface area contributed by atoms with Gasteiger partial charge in [-0.2, -0.15) is 0 Å². The molecule has 7 rings (SSSR count). The molecular formula is C31H30N4O6. The SMILES string of the molecule is CCOC(=O)[C@@H]1CCCN(c2cc(N3CCN(C(=O)c4ccco4)CC3)c3c4c(onc24)-c2ccccc2C3=O)C1. The van der Waals surface area contributed by atoms with Gasteiger partial charge in [-0.05, 0) is 38.0 Å². The van der Waals surface area contributed by atoms with Gasteiger partial charge in [0.05, 0.1) is 41.1 Å². The number of furan rings is 1. The molecular weight excluding hydrogens is 524 g/mol. The summed E-state index contributed by atoms with van der Waals surface area (Å²) in [4.78, 5) is 45.7. The third-order valence-corrected chi connectivity index (χ3v) is 8.38. The van der Waals surface area contributed by atoms with Crippen molar-refractivity contribution in [3.8, 4) is 11.3 Å². The number of hydrogen-bond donors (Lipinski definition) is 0. The van der Waals surface area contributed by atoms with Gasteiger partial charge in [0.2, 0.25) is 0 Å². The topological polar surface area (TPSA) is 109 Å². The Morgan fingerprint density at radius 3 is 2.56 bits per heavy atom.